The summed E-state index contributed by atoms with van der Waals surface area (Å²) in [6.45, 7) is -0.0135. The van der Waals surface area contributed by atoms with Gasteiger partial charge in [0.2, 0.25) is 0 Å². The molecule has 1 aliphatic heterocycles. The van der Waals surface area contributed by atoms with Crippen molar-refractivity contribution >= 4 is 23.5 Å². The quantitative estimate of drug-likeness (QED) is 0.863. The molecule has 8 heteroatoms. The van der Waals surface area contributed by atoms with E-state index in [4.69, 9.17) is 16.1 Å². The topological polar surface area (TPSA) is 88.3 Å². The Bertz CT molecular complexity index is 813. The van der Waals surface area contributed by atoms with Gasteiger partial charge in [-0.3, -0.25) is 9.69 Å². The lowest BCUT2D eigenvalue weighted by Gasteiger charge is -2.19. The van der Waals surface area contributed by atoms with E-state index >= 15 is 0 Å². The molecule has 2 heterocycles. The van der Waals surface area contributed by atoms with E-state index in [2.05, 4.69) is 15.5 Å². The Kier molecular flexibility index (Phi) is 3.53. The van der Waals surface area contributed by atoms with Gasteiger partial charge in [-0.1, -0.05) is 41.7 Å². The van der Waals surface area contributed by atoms with Crippen molar-refractivity contribution in [1.29, 1.82) is 0 Å². The van der Waals surface area contributed by atoms with E-state index in [1.165, 1.54) is 0 Å². The molecule has 1 aromatic carbocycles. The van der Waals surface area contributed by atoms with E-state index in [9.17, 15) is 9.59 Å². The molecule has 24 heavy (non-hydrogen) atoms. The average molecular weight is 347 g/mol. The predicted molar refractivity (Wildman–Crippen MR) is 85.0 cm³/mol. The maximum absolute atomic E-state index is 12.6. The normalized spacial score (nSPS) is 19.3. The molecule has 7 nitrogen and oxygen atoms in total. The van der Waals surface area contributed by atoms with Crippen LogP contribution in [0.25, 0.3) is 11.5 Å². The summed E-state index contributed by atoms with van der Waals surface area (Å²) in [5.41, 5.74) is -0.116. The van der Waals surface area contributed by atoms with E-state index in [0.717, 1.165) is 17.7 Å². The predicted octanol–water partition coefficient (Wildman–Crippen LogP) is 2.75. The fourth-order valence-corrected chi connectivity index (χ4v) is 3.56. The number of nitrogens with zero attached hydrogens (tertiary/aromatic N) is 3. The van der Waals surface area contributed by atoms with Gasteiger partial charge >= 0.3 is 6.03 Å². The zero-order chi connectivity index (χ0) is 16.7. The maximum atomic E-state index is 12.6. The molecule has 3 amide bonds. The van der Waals surface area contributed by atoms with Crippen LogP contribution in [0, 0.1) is 0 Å². The number of nitrogens with one attached hydrogen (secondary N) is 1. The summed E-state index contributed by atoms with van der Waals surface area (Å²) in [4.78, 5) is 30.2. The van der Waals surface area contributed by atoms with E-state index in [1.54, 1.807) is 18.2 Å². The molecule has 0 atom stereocenters. The minimum Gasteiger partial charge on any atom is -0.334 e. The first-order valence-electron chi connectivity index (χ1n) is 7.81. The summed E-state index contributed by atoms with van der Waals surface area (Å²) in [6.07, 6.45) is 3.26. The lowest BCUT2D eigenvalue weighted by atomic mass is 9.98. The van der Waals surface area contributed by atoms with Crippen molar-refractivity contribution in [2.24, 2.45) is 0 Å². The Morgan fingerprint density at radius 3 is 2.75 bits per heavy atom. The molecule has 0 unspecified atom stereocenters. The number of carbonyl (C=O) groups is 2. The van der Waals surface area contributed by atoms with E-state index < -0.39 is 11.6 Å². The minimum absolute atomic E-state index is 0.0135. The molecule has 2 aliphatic rings. The Balaban J connectivity index is 1.55. The van der Waals surface area contributed by atoms with Gasteiger partial charge in [0, 0.05) is 0 Å². The van der Waals surface area contributed by atoms with Crippen LogP contribution in [-0.2, 0) is 11.3 Å². The molecule has 1 N–H and O–H groups in total. The second-order valence-electron chi connectivity index (χ2n) is 6.11. The van der Waals surface area contributed by atoms with Gasteiger partial charge < -0.3 is 9.84 Å². The van der Waals surface area contributed by atoms with Crippen LogP contribution in [0.15, 0.2) is 28.8 Å². The minimum atomic E-state index is -0.730. The summed E-state index contributed by atoms with van der Waals surface area (Å²) in [5, 5.41) is 7.18. The van der Waals surface area contributed by atoms with Gasteiger partial charge in [-0.2, -0.15) is 4.98 Å². The van der Waals surface area contributed by atoms with Crippen LogP contribution in [0.3, 0.4) is 0 Å². The molecule has 2 aromatic rings. The van der Waals surface area contributed by atoms with Crippen LogP contribution >= 0.6 is 11.6 Å². The van der Waals surface area contributed by atoms with Gasteiger partial charge in [-0.15, -0.1) is 0 Å². The average Bonchev–Trinajstić information content (AvgIpc) is 3.26. The third-order valence-corrected chi connectivity index (χ3v) is 4.90. The van der Waals surface area contributed by atoms with Gasteiger partial charge in [0.25, 0.3) is 11.8 Å². The molecule has 0 bridgehead atoms. The smallest absolute Gasteiger partial charge is 0.325 e. The number of benzene rings is 1. The third kappa shape index (κ3) is 2.36. The SMILES string of the molecule is O=C1NC2(CCCC2)C(=O)N1Cc1noc(-c2ccccc2Cl)n1. The monoisotopic (exact) mass is 346 g/mol. The number of urea groups is 1. The highest BCUT2D eigenvalue weighted by molar-refractivity contribution is 6.33. The number of halogens is 1. The van der Waals surface area contributed by atoms with Gasteiger partial charge in [-0.25, -0.2) is 4.79 Å². The number of imide groups is 1. The molecular formula is C16H15ClN4O3. The second kappa shape index (κ2) is 5.59. The maximum Gasteiger partial charge on any atom is 0.325 e. The van der Waals surface area contributed by atoms with Crippen molar-refractivity contribution in [3.05, 3.63) is 35.1 Å². The van der Waals surface area contributed by atoms with Crippen molar-refractivity contribution in [3.63, 3.8) is 0 Å². The van der Waals surface area contributed by atoms with Gasteiger partial charge in [-0.05, 0) is 25.0 Å². The van der Waals surface area contributed by atoms with Gasteiger partial charge in [0.15, 0.2) is 5.82 Å². The summed E-state index contributed by atoms with van der Waals surface area (Å²) in [6, 6.07) is 6.71. The van der Waals surface area contributed by atoms with Crippen LogP contribution in [-0.4, -0.2) is 32.5 Å². The summed E-state index contributed by atoms with van der Waals surface area (Å²) in [5.74, 6) is 0.329. The van der Waals surface area contributed by atoms with Gasteiger partial charge in [0.05, 0.1) is 17.1 Å². The summed E-state index contributed by atoms with van der Waals surface area (Å²) >= 11 is 6.11. The zero-order valence-corrected chi connectivity index (χ0v) is 13.5. The highest BCUT2D eigenvalue weighted by Gasteiger charge is 2.52. The Hall–Kier alpha value is -2.41. The lowest BCUT2D eigenvalue weighted by molar-refractivity contribution is -0.131. The Morgan fingerprint density at radius 1 is 1.25 bits per heavy atom. The van der Waals surface area contributed by atoms with Crippen LogP contribution < -0.4 is 5.32 Å². The van der Waals surface area contributed by atoms with Crippen LogP contribution in [0.2, 0.25) is 5.02 Å². The molecule has 4 rings (SSSR count). The number of aromatic nitrogens is 2. The largest absolute Gasteiger partial charge is 0.334 e. The number of carbonyl (C=O) groups excluding carboxylic acids is 2. The first-order chi connectivity index (χ1) is 11.6. The summed E-state index contributed by atoms with van der Waals surface area (Å²) < 4.78 is 5.21. The van der Waals surface area contributed by atoms with E-state index in [0.29, 0.717) is 23.4 Å². The molecule has 1 saturated carbocycles. The van der Waals surface area contributed by atoms with Crippen molar-refractivity contribution in [2.45, 2.75) is 37.8 Å². The van der Waals surface area contributed by atoms with Crippen LogP contribution in [0.1, 0.15) is 31.5 Å². The van der Waals surface area contributed by atoms with Gasteiger partial charge in [0.1, 0.15) is 5.54 Å². The van der Waals surface area contributed by atoms with E-state index in [1.807, 2.05) is 6.07 Å². The highest BCUT2D eigenvalue weighted by Crippen LogP contribution is 2.35. The number of hydrogen-bond donors (Lipinski definition) is 1. The Labute approximate surface area is 143 Å². The van der Waals surface area contributed by atoms with Crippen LogP contribution in [0.5, 0.6) is 0 Å². The van der Waals surface area contributed by atoms with Crippen molar-refractivity contribution < 1.29 is 14.1 Å². The molecule has 1 aromatic heterocycles. The van der Waals surface area contributed by atoms with Crippen molar-refractivity contribution in [2.75, 3.05) is 0 Å². The lowest BCUT2D eigenvalue weighted by Crippen LogP contribution is -2.44. The first kappa shape index (κ1) is 15.1. The van der Waals surface area contributed by atoms with Crippen LogP contribution in [0.4, 0.5) is 4.79 Å². The molecule has 124 valence electrons. The molecule has 1 aliphatic carbocycles. The molecule has 2 fully saturated rings. The number of rotatable bonds is 3. The molecular weight excluding hydrogens is 332 g/mol. The van der Waals surface area contributed by atoms with Crippen molar-refractivity contribution in [3.8, 4) is 11.5 Å². The van der Waals surface area contributed by atoms with Crippen molar-refractivity contribution in [1.82, 2.24) is 20.4 Å². The fraction of sp³-hybridized carbons (Fsp3) is 0.375. The standard InChI is InChI=1S/C16H15ClN4O3/c17-11-6-2-1-5-10(11)13-18-12(20-24-13)9-21-14(22)16(19-15(21)23)7-3-4-8-16/h1-2,5-6H,3-4,7-9H2,(H,19,23). The third-order valence-electron chi connectivity index (χ3n) is 4.57. The zero-order valence-electron chi connectivity index (χ0n) is 12.8. The second-order valence-corrected chi connectivity index (χ2v) is 6.51. The first-order valence-corrected chi connectivity index (χ1v) is 8.18. The number of hydrogen-bond acceptors (Lipinski definition) is 5. The summed E-state index contributed by atoms with van der Waals surface area (Å²) in [7, 11) is 0. The Morgan fingerprint density at radius 2 is 2.00 bits per heavy atom. The fourth-order valence-electron chi connectivity index (χ4n) is 3.34. The molecule has 1 spiro atoms. The molecule has 1 saturated heterocycles. The molecule has 0 radical (unpaired) electrons. The number of amides is 3. The highest BCUT2D eigenvalue weighted by atomic mass is 35.5. The van der Waals surface area contributed by atoms with E-state index in [-0.39, 0.29) is 24.2 Å².